The van der Waals surface area contributed by atoms with Crippen LogP contribution in [0.25, 0.3) is 0 Å². The van der Waals surface area contributed by atoms with Crippen molar-refractivity contribution in [2.24, 2.45) is 5.73 Å². The number of nitrogens with zero attached hydrogens (tertiary/aromatic N) is 1. The van der Waals surface area contributed by atoms with Crippen LogP contribution in [0.4, 0.5) is 0 Å². The van der Waals surface area contributed by atoms with Gasteiger partial charge >= 0.3 is 0 Å². The molecule has 110 valence electrons. The number of hydrogen-bond acceptors (Lipinski definition) is 4. The molecule has 0 fully saturated rings. The molecule has 21 heavy (non-hydrogen) atoms. The number of aromatic nitrogens is 2. The molecule has 1 heterocycles. The number of carbonyl (C=O) groups excluding carboxylic acids is 2. The Kier molecular flexibility index (Phi) is 5.22. The van der Waals surface area contributed by atoms with Gasteiger partial charge in [-0.15, -0.1) is 0 Å². The van der Waals surface area contributed by atoms with Gasteiger partial charge in [0.2, 0.25) is 5.91 Å². The van der Waals surface area contributed by atoms with Crippen LogP contribution in [-0.2, 0) is 22.4 Å². The summed E-state index contributed by atoms with van der Waals surface area (Å²) in [7, 11) is 0. The SMILES string of the molecule is NC(Cc1ccccc1)C(=O)N[C@H](C=O)Cc1cnc[nH]1. The molecule has 0 saturated heterocycles. The summed E-state index contributed by atoms with van der Waals surface area (Å²) in [5.41, 5.74) is 7.64. The highest BCUT2D eigenvalue weighted by Crippen LogP contribution is 2.03. The van der Waals surface area contributed by atoms with Gasteiger partial charge in [-0.1, -0.05) is 30.3 Å². The Hall–Kier alpha value is -2.47. The molecule has 1 amide bonds. The lowest BCUT2D eigenvalue weighted by atomic mass is 10.1. The van der Waals surface area contributed by atoms with Crippen molar-refractivity contribution >= 4 is 12.2 Å². The zero-order valence-electron chi connectivity index (χ0n) is 11.5. The van der Waals surface area contributed by atoms with Gasteiger partial charge in [0.15, 0.2) is 0 Å². The quantitative estimate of drug-likeness (QED) is 0.633. The fraction of sp³-hybridized carbons (Fsp3) is 0.267. The first kappa shape index (κ1) is 14.9. The number of rotatable bonds is 7. The second-order valence-corrected chi connectivity index (χ2v) is 4.83. The Morgan fingerprint density at radius 3 is 2.71 bits per heavy atom. The number of H-pyrrole nitrogens is 1. The third-order valence-electron chi connectivity index (χ3n) is 3.12. The standard InChI is InChI=1S/C15H18N4O2/c16-14(6-11-4-2-1-3-5-11)15(21)19-13(9-20)7-12-8-17-10-18-12/h1-5,8-10,13-14H,6-7,16H2,(H,17,18)(H,19,21)/t13-,14?/m0/s1. The number of hydrogen-bond donors (Lipinski definition) is 3. The zero-order chi connectivity index (χ0) is 15.1. The third-order valence-corrected chi connectivity index (χ3v) is 3.12. The van der Waals surface area contributed by atoms with E-state index in [0.29, 0.717) is 19.1 Å². The summed E-state index contributed by atoms with van der Waals surface area (Å²) in [6.45, 7) is 0. The minimum Gasteiger partial charge on any atom is -0.348 e. The maximum absolute atomic E-state index is 12.0. The molecular weight excluding hydrogens is 268 g/mol. The molecule has 6 heteroatoms. The van der Waals surface area contributed by atoms with Crippen molar-refractivity contribution in [3.63, 3.8) is 0 Å². The largest absolute Gasteiger partial charge is 0.348 e. The molecule has 0 aliphatic carbocycles. The molecule has 2 aromatic rings. The Bertz CT molecular complexity index is 569. The molecular formula is C15H18N4O2. The molecule has 0 aliphatic heterocycles. The molecule has 0 bridgehead atoms. The molecule has 0 radical (unpaired) electrons. The Balaban J connectivity index is 1.88. The van der Waals surface area contributed by atoms with Crippen LogP contribution < -0.4 is 11.1 Å². The monoisotopic (exact) mass is 286 g/mol. The molecule has 4 N–H and O–H groups in total. The number of nitrogens with two attached hydrogens (primary N) is 1. The smallest absolute Gasteiger partial charge is 0.237 e. The highest BCUT2D eigenvalue weighted by molar-refractivity contribution is 5.84. The van der Waals surface area contributed by atoms with Gasteiger partial charge < -0.3 is 20.8 Å². The second-order valence-electron chi connectivity index (χ2n) is 4.83. The maximum Gasteiger partial charge on any atom is 0.237 e. The number of imidazole rings is 1. The lowest BCUT2D eigenvalue weighted by Gasteiger charge is -2.16. The van der Waals surface area contributed by atoms with Gasteiger partial charge in [0, 0.05) is 18.3 Å². The summed E-state index contributed by atoms with van der Waals surface area (Å²) in [5, 5.41) is 2.65. The van der Waals surface area contributed by atoms with Crippen LogP contribution in [0.15, 0.2) is 42.9 Å². The minimum absolute atomic E-state index is 0.338. The van der Waals surface area contributed by atoms with Crippen molar-refractivity contribution in [3.05, 3.63) is 54.1 Å². The molecule has 2 atom stereocenters. The molecule has 2 rings (SSSR count). The van der Waals surface area contributed by atoms with E-state index in [1.807, 2.05) is 30.3 Å². The van der Waals surface area contributed by atoms with E-state index in [2.05, 4.69) is 15.3 Å². The summed E-state index contributed by atoms with van der Waals surface area (Å²) in [6.07, 6.45) is 4.65. The number of nitrogens with one attached hydrogen (secondary N) is 2. The van der Waals surface area contributed by atoms with E-state index in [1.54, 1.807) is 6.20 Å². The summed E-state index contributed by atoms with van der Waals surface area (Å²) in [5.74, 6) is -0.338. The number of aldehydes is 1. The van der Waals surface area contributed by atoms with Gasteiger partial charge in [0.1, 0.15) is 6.29 Å². The normalized spacial score (nSPS) is 13.4. The predicted octanol–water partition coefficient (Wildman–Crippen LogP) is 0.206. The van der Waals surface area contributed by atoms with Crippen molar-refractivity contribution in [2.75, 3.05) is 0 Å². The maximum atomic E-state index is 12.0. The molecule has 1 aromatic carbocycles. The molecule has 0 saturated carbocycles. The molecule has 0 aliphatic rings. The number of benzene rings is 1. The lowest BCUT2D eigenvalue weighted by molar-refractivity contribution is -0.125. The van der Waals surface area contributed by atoms with Crippen LogP contribution in [0.2, 0.25) is 0 Å². The molecule has 1 aromatic heterocycles. The van der Waals surface area contributed by atoms with Crippen LogP contribution in [0.1, 0.15) is 11.3 Å². The van der Waals surface area contributed by atoms with Crippen LogP contribution in [-0.4, -0.2) is 34.2 Å². The van der Waals surface area contributed by atoms with Crippen LogP contribution >= 0.6 is 0 Å². The average molecular weight is 286 g/mol. The highest BCUT2D eigenvalue weighted by Gasteiger charge is 2.18. The molecule has 0 spiro atoms. The van der Waals surface area contributed by atoms with E-state index < -0.39 is 12.1 Å². The molecule has 6 nitrogen and oxygen atoms in total. The number of carbonyl (C=O) groups is 2. The van der Waals surface area contributed by atoms with Crippen molar-refractivity contribution < 1.29 is 9.59 Å². The van der Waals surface area contributed by atoms with Crippen molar-refractivity contribution in [3.8, 4) is 0 Å². The highest BCUT2D eigenvalue weighted by atomic mass is 16.2. The van der Waals surface area contributed by atoms with E-state index >= 15 is 0 Å². The fourth-order valence-corrected chi connectivity index (χ4v) is 2.02. The predicted molar refractivity (Wildman–Crippen MR) is 78.4 cm³/mol. The van der Waals surface area contributed by atoms with Gasteiger partial charge in [0.05, 0.1) is 18.4 Å². The van der Waals surface area contributed by atoms with Gasteiger partial charge in [0.25, 0.3) is 0 Å². The Morgan fingerprint density at radius 1 is 1.33 bits per heavy atom. The van der Waals surface area contributed by atoms with Crippen molar-refractivity contribution in [2.45, 2.75) is 24.9 Å². The van der Waals surface area contributed by atoms with E-state index in [0.717, 1.165) is 11.3 Å². The van der Waals surface area contributed by atoms with Gasteiger partial charge in [-0.2, -0.15) is 0 Å². The zero-order valence-corrected chi connectivity index (χ0v) is 11.5. The number of aromatic amines is 1. The van der Waals surface area contributed by atoms with E-state index in [-0.39, 0.29) is 5.91 Å². The lowest BCUT2D eigenvalue weighted by Crippen LogP contribution is -2.47. The molecule has 1 unspecified atom stereocenters. The minimum atomic E-state index is -0.684. The van der Waals surface area contributed by atoms with Crippen LogP contribution in [0.5, 0.6) is 0 Å². The van der Waals surface area contributed by atoms with Crippen LogP contribution in [0.3, 0.4) is 0 Å². The third kappa shape index (κ3) is 4.54. The first-order valence-electron chi connectivity index (χ1n) is 6.71. The summed E-state index contributed by atoms with van der Waals surface area (Å²) in [4.78, 5) is 29.8. The van der Waals surface area contributed by atoms with Gasteiger partial charge in [-0.05, 0) is 12.0 Å². The van der Waals surface area contributed by atoms with Crippen molar-refractivity contribution in [1.82, 2.24) is 15.3 Å². The topological polar surface area (TPSA) is 101 Å². The van der Waals surface area contributed by atoms with Crippen LogP contribution in [0, 0.1) is 0 Å². The first-order chi connectivity index (χ1) is 10.2. The van der Waals surface area contributed by atoms with Gasteiger partial charge in [-0.3, -0.25) is 4.79 Å². The summed E-state index contributed by atoms with van der Waals surface area (Å²) < 4.78 is 0. The van der Waals surface area contributed by atoms with E-state index in [4.69, 9.17) is 5.73 Å². The Morgan fingerprint density at radius 2 is 2.10 bits per heavy atom. The van der Waals surface area contributed by atoms with E-state index in [9.17, 15) is 9.59 Å². The summed E-state index contributed by atoms with van der Waals surface area (Å²) >= 11 is 0. The average Bonchev–Trinajstić information content (AvgIpc) is 3.00. The van der Waals surface area contributed by atoms with Crippen molar-refractivity contribution in [1.29, 1.82) is 0 Å². The number of amides is 1. The second kappa shape index (κ2) is 7.35. The van der Waals surface area contributed by atoms with Gasteiger partial charge in [-0.25, -0.2) is 4.98 Å². The summed E-state index contributed by atoms with van der Waals surface area (Å²) in [6, 6.07) is 8.22. The first-order valence-corrected chi connectivity index (χ1v) is 6.71. The fourth-order valence-electron chi connectivity index (χ4n) is 2.02. The van der Waals surface area contributed by atoms with E-state index in [1.165, 1.54) is 6.33 Å². The Labute approximate surface area is 122 Å².